The fraction of sp³-hybridized carbons (Fsp3) is 0.625. The molecule has 0 fully saturated rings. The van der Waals surface area contributed by atoms with Crippen LogP contribution in [0.1, 0.15) is 45.2 Å². The Morgan fingerprint density at radius 1 is 1.30 bits per heavy atom. The highest BCUT2D eigenvalue weighted by atomic mass is 16.5. The van der Waals surface area contributed by atoms with Crippen molar-refractivity contribution in [1.82, 2.24) is 5.32 Å². The van der Waals surface area contributed by atoms with Crippen LogP contribution in [0, 0.1) is 0 Å². The molecule has 0 radical (unpaired) electrons. The largest absolute Gasteiger partial charge is 0.497 e. The zero-order chi connectivity index (χ0) is 15.2. The molecule has 1 aromatic carbocycles. The minimum absolute atomic E-state index is 0.173. The molecule has 4 heteroatoms. The Balaban J connectivity index is 2.96. The van der Waals surface area contributed by atoms with Gasteiger partial charge in [-0.3, -0.25) is 0 Å². The molecule has 0 heterocycles. The minimum atomic E-state index is -0.775. The maximum atomic E-state index is 10.3. The molecule has 0 amide bonds. The van der Waals surface area contributed by atoms with Crippen LogP contribution < -0.4 is 14.8 Å². The van der Waals surface area contributed by atoms with Gasteiger partial charge in [0, 0.05) is 17.7 Å². The monoisotopic (exact) mass is 281 g/mol. The number of methoxy groups -OCH3 is 1. The minimum Gasteiger partial charge on any atom is -0.497 e. The number of rotatable bonds is 8. The Bertz CT molecular complexity index is 416. The van der Waals surface area contributed by atoms with Gasteiger partial charge in [0.15, 0.2) is 0 Å². The van der Waals surface area contributed by atoms with Crippen LogP contribution in [0.5, 0.6) is 11.5 Å². The molecule has 0 aromatic heterocycles. The number of hydrogen-bond donors (Lipinski definition) is 2. The van der Waals surface area contributed by atoms with Crippen molar-refractivity contribution in [2.24, 2.45) is 0 Å². The maximum absolute atomic E-state index is 10.3. The summed E-state index contributed by atoms with van der Waals surface area (Å²) in [5.41, 5.74) is 0.284. The third kappa shape index (κ3) is 4.12. The summed E-state index contributed by atoms with van der Waals surface area (Å²) in [4.78, 5) is 0. The van der Waals surface area contributed by atoms with Crippen LogP contribution in [0.15, 0.2) is 18.2 Å². The first-order chi connectivity index (χ1) is 9.49. The first-order valence-electron chi connectivity index (χ1n) is 7.20. The first-order valence-corrected chi connectivity index (χ1v) is 7.20. The van der Waals surface area contributed by atoms with Gasteiger partial charge in [0.1, 0.15) is 18.1 Å². The second-order valence-corrected chi connectivity index (χ2v) is 5.13. The number of nitrogens with one attached hydrogen (secondary N) is 1. The summed E-state index contributed by atoms with van der Waals surface area (Å²) in [6, 6.07) is 5.95. The zero-order valence-electron chi connectivity index (χ0n) is 13.2. The van der Waals surface area contributed by atoms with Gasteiger partial charge in [-0.25, -0.2) is 0 Å². The predicted octanol–water partition coefficient (Wildman–Crippen LogP) is 2.91. The summed E-state index contributed by atoms with van der Waals surface area (Å²) in [5.74, 6) is 1.51. The highest BCUT2D eigenvalue weighted by Gasteiger charge is 2.24. The van der Waals surface area contributed by atoms with Gasteiger partial charge in [0.05, 0.1) is 12.7 Å². The van der Waals surface area contributed by atoms with E-state index in [4.69, 9.17) is 9.47 Å². The molecule has 1 aromatic rings. The molecule has 4 nitrogen and oxygen atoms in total. The summed E-state index contributed by atoms with van der Waals surface area (Å²) >= 11 is 0. The predicted molar refractivity (Wildman–Crippen MR) is 81.5 cm³/mol. The summed E-state index contributed by atoms with van der Waals surface area (Å²) in [6.45, 7) is 6.29. The second-order valence-electron chi connectivity index (χ2n) is 5.13. The lowest BCUT2D eigenvalue weighted by atomic mass is 9.99. The Morgan fingerprint density at radius 3 is 2.45 bits per heavy atom. The highest BCUT2D eigenvalue weighted by molar-refractivity contribution is 5.42. The van der Waals surface area contributed by atoms with Crippen LogP contribution in [-0.2, 0) is 0 Å². The molecule has 0 saturated carbocycles. The van der Waals surface area contributed by atoms with E-state index in [-0.39, 0.29) is 12.6 Å². The van der Waals surface area contributed by atoms with Gasteiger partial charge in [-0.2, -0.15) is 0 Å². The Labute approximate surface area is 122 Å². The van der Waals surface area contributed by atoms with Crippen molar-refractivity contribution < 1.29 is 14.6 Å². The number of ether oxygens (including phenoxy) is 2. The van der Waals surface area contributed by atoms with Crippen LogP contribution in [0.3, 0.4) is 0 Å². The first kappa shape index (κ1) is 16.8. The van der Waals surface area contributed by atoms with Crippen LogP contribution in [-0.4, -0.2) is 31.5 Å². The van der Waals surface area contributed by atoms with E-state index in [0.717, 1.165) is 17.1 Å². The molecule has 1 rings (SSSR count). The molecule has 0 aliphatic heterocycles. The van der Waals surface area contributed by atoms with Crippen LogP contribution in [0.2, 0.25) is 0 Å². The van der Waals surface area contributed by atoms with Gasteiger partial charge in [0.2, 0.25) is 0 Å². The van der Waals surface area contributed by atoms with Crippen molar-refractivity contribution in [1.29, 1.82) is 0 Å². The lowest BCUT2D eigenvalue weighted by Crippen LogP contribution is -2.34. The van der Waals surface area contributed by atoms with Crippen molar-refractivity contribution in [3.05, 3.63) is 23.8 Å². The molecule has 114 valence electrons. The number of aliphatic hydroxyl groups is 1. The molecule has 0 aliphatic carbocycles. The topological polar surface area (TPSA) is 50.7 Å². The molecule has 1 unspecified atom stereocenters. The Hall–Kier alpha value is -1.26. The quantitative estimate of drug-likeness (QED) is 0.769. The van der Waals surface area contributed by atoms with Crippen molar-refractivity contribution in [3.63, 3.8) is 0 Å². The van der Waals surface area contributed by atoms with Crippen LogP contribution in [0.4, 0.5) is 0 Å². The average Bonchev–Trinajstić information content (AvgIpc) is 2.51. The van der Waals surface area contributed by atoms with E-state index < -0.39 is 5.60 Å². The van der Waals surface area contributed by atoms with E-state index in [1.807, 2.05) is 39.1 Å². The normalized spacial score (nSPS) is 13.1. The zero-order valence-corrected chi connectivity index (χ0v) is 13.2. The van der Waals surface area contributed by atoms with Gasteiger partial charge >= 0.3 is 0 Å². The Kier molecular flexibility index (Phi) is 6.30. The standard InChI is InChI=1S/C16H27NO3/c1-6-16(18,7-2)11-20-15-10-13(19-5)8-9-14(15)12(3)17-4/h8-10,12,17-18H,6-7,11H2,1-5H3. The van der Waals surface area contributed by atoms with E-state index in [9.17, 15) is 5.11 Å². The van der Waals surface area contributed by atoms with Crippen molar-refractivity contribution in [2.45, 2.75) is 45.3 Å². The molecule has 1 atom stereocenters. The van der Waals surface area contributed by atoms with E-state index in [1.54, 1.807) is 7.11 Å². The molecule has 0 spiro atoms. The molecule has 0 saturated heterocycles. The van der Waals surface area contributed by atoms with Crippen LogP contribution >= 0.6 is 0 Å². The summed E-state index contributed by atoms with van der Waals surface area (Å²) < 4.78 is 11.1. The highest BCUT2D eigenvalue weighted by Crippen LogP contribution is 2.30. The molecule has 20 heavy (non-hydrogen) atoms. The average molecular weight is 281 g/mol. The van der Waals surface area contributed by atoms with Crippen LogP contribution in [0.25, 0.3) is 0 Å². The fourth-order valence-corrected chi connectivity index (χ4v) is 1.95. The smallest absolute Gasteiger partial charge is 0.127 e. The van der Waals surface area contributed by atoms with Gasteiger partial charge < -0.3 is 19.9 Å². The van der Waals surface area contributed by atoms with Crippen molar-refractivity contribution >= 4 is 0 Å². The Morgan fingerprint density at radius 2 is 1.95 bits per heavy atom. The van der Waals surface area contributed by atoms with Gasteiger partial charge in [-0.15, -0.1) is 0 Å². The molecule has 2 N–H and O–H groups in total. The van der Waals surface area contributed by atoms with Gasteiger partial charge in [-0.1, -0.05) is 19.9 Å². The van der Waals surface area contributed by atoms with Gasteiger partial charge in [0.25, 0.3) is 0 Å². The number of benzene rings is 1. The van der Waals surface area contributed by atoms with E-state index in [1.165, 1.54) is 0 Å². The molecular formula is C16H27NO3. The summed E-state index contributed by atoms with van der Waals surface area (Å²) in [7, 11) is 3.54. The summed E-state index contributed by atoms with van der Waals surface area (Å²) in [6.07, 6.45) is 1.34. The third-order valence-electron chi connectivity index (χ3n) is 3.93. The van der Waals surface area contributed by atoms with E-state index in [0.29, 0.717) is 12.8 Å². The SMILES string of the molecule is CCC(O)(CC)COc1cc(OC)ccc1C(C)NC. The second kappa shape index (κ2) is 7.50. The molecular weight excluding hydrogens is 254 g/mol. The van der Waals surface area contributed by atoms with E-state index in [2.05, 4.69) is 12.2 Å². The molecule has 0 aliphatic rings. The molecule has 0 bridgehead atoms. The van der Waals surface area contributed by atoms with Gasteiger partial charge in [-0.05, 0) is 32.9 Å². The van der Waals surface area contributed by atoms with Crippen molar-refractivity contribution in [2.75, 3.05) is 20.8 Å². The summed E-state index contributed by atoms with van der Waals surface area (Å²) in [5, 5.41) is 13.5. The third-order valence-corrected chi connectivity index (χ3v) is 3.93. The lowest BCUT2D eigenvalue weighted by Gasteiger charge is -2.26. The number of hydrogen-bond acceptors (Lipinski definition) is 4. The lowest BCUT2D eigenvalue weighted by molar-refractivity contribution is -0.0117. The van der Waals surface area contributed by atoms with Crippen molar-refractivity contribution in [3.8, 4) is 11.5 Å². The maximum Gasteiger partial charge on any atom is 0.127 e. The fourth-order valence-electron chi connectivity index (χ4n) is 1.95. The van der Waals surface area contributed by atoms with E-state index >= 15 is 0 Å².